The maximum absolute atomic E-state index is 2.50. The molecule has 1 nitrogen and oxygen atoms in total. The van der Waals surface area contributed by atoms with Gasteiger partial charge in [0.05, 0.1) is 0 Å². The Morgan fingerprint density at radius 2 is 0.828 bits per heavy atom. The average molecular weight is 756 g/mol. The third-order valence-electron chi connectivity index (χ3n) is 12.7. The van der Waals surface area contributed by atoms with Crippen LogP contribution in [0.2, 0.25) is 0 Å². The second-order valence-corrected chi connectivity index (χ2v) is 16.8. The van der Waals surface area contributed by atoms with Crippen LogP contribution in [0.4, 0.5) is 17.1 Å². The quantitative estimate of drug-likeness (QED) is 0.158. The maximum atomic E-state index is 2.50. The standard InChI is InChI=1S/C56H37NS/c1-56(51-24-12-9-21-46(51)47-22-10-13-25-52(47)56)53-35-40(34-50-48-23-11-14-26-54(48)58-55(50)53)57(38-29-27-37(28-30-38)36-15-3-2-4-16-36)39-31-32-45-43-19-6-5-17-41(43)42-18-7-8-20-44(42)49(45)33-39/h2-35H,1H3. The molecule has 0 N–H and O–H groups in total. The number of hydrogen-bond donors (Lipinski definition) is 0. The summed E-state index contributed by atoms with van der Waals surface area (Å²) in [5, 5.41) is 10.2. The summed E-state index contributed by atoms with van der Waals surface area (Å²) in [6.07, 6.45) is 0. The summed E-state index contributed by atoms with van der Waals surface area (Å²) in [5.41, 5.74) is 12.1. The molecule has 0 atom stereocenters. The van der Waals surface area contributed by atoms with E-state index in [1.54, 1.807) is 0 Å². The Balaban J connectivity index is 1.17. The van der Waals surface area contributed by atoms with Crippen molar-refractivity contribution in [2.24, 2.45) is 0 Å². The Bertz CT molecular complexity index is 3330. The second kappa shape index (κ2) is 12.8. The van der Waals surface area contributed by atoms with Gasteiger partial charge in [0, 0.05) is 42.6 Å². The third-order valence-corrected chi connectivity index (χ3v) is 13.9. The lowest BCUT2D eigenvalue weighted by atomic mass is 9.73. The lowest BCUT2D eigenvalue weighted by Gasteiger charge is -2.32. The van der Waals surface area contributed by atoms with Crippen LogP contribution in [0.1, 0.15) is 23.6 Å². The van der Waals surface area contributed by atoms with E-state index in [1.807, 2.05) is 11.3 Å². The number of anilines is 3. The summed E-state index contributed by atoms with van der Waals surface area (Å²) in [6.45, 7) is 2.45. The van der Waals surface area contributed by atoms with E-state index >= 15 is 0 Å². The van der Waals surface area contributed by atoms with E-state index in [0.717, 1.165) is 17.1 Å². The minimum atomic E-state index is -0.371. The van der Waals surface area contributed by atoms with E-state index in [9.17, 15) is 0 Å². The van der Waals surface area contributed by atoms with Crippen molar-refractivity contribution >= 4 is 80.9 Å². The fraction of sp³-hybridized carbons (Fsp3) is 0.0357. The predicted molar refractivity (Wildman–Crippen MR) is 249 cm³/mol. The van der Waals surface area contributed by atoms with Gasteiger partial charge in [-0.25, -0.2) is 0 Å². The van der Waals surface area contributed by atoms with E-state index < -0.39 is 0 Å². The molecule has 1 aliphatic rings. The fourth-order valence-corrected chi connectivity index (χ4v) is 11.3. The molecule has 0 fully saturated rings. The minimum absolute atomic E-state index is 0.371. The zero-order valence-electron chi connectivity index (χ0n) is 32.0. The molecule has 1 heterocycles. The first kappa shape index (κ1) is 33.2. The van der Waals surface area contributed by atoms with Crippen LogP contribution >= 0.6 is 11.3 Å². The summed E-state index contributed by atoms with van der Waals surface area (Å²) < 4.78 is 2.65. The Morgan fingerprint density at radius 3 is 1.48 bits per heavy atom. The number of thiophene rings is 1. The number of benzene rings is 10. The van der Waals surface area contributed by atoms with Crippen LogP contribution < -0.4 is 4.90 Å². The van der Waals surface area contributed by atoms with Gasteiger partial charge in [0.2, 0.25) is 0 Å². The van der Waals surface area contributed by atoms with Crippen LogP contribution in [0.25, 0.3) is 74.7 Å². The summed E-state index contributed by atoms with van der Waals surface area (Å²) in [6, 6.07) is 76.6. The highest BCUT2D eigenvalue weighted by atomic mass is 32.1. The first-order valence-corrected chi connectivity index (χ1v) is 20.9. The van der Waals surface area contributed by atoms with Gasteiger partial charge in [0.15, 0.2) is 0 Å². The van der Waals surface area contributed by atoms with Gasteiger partial charge >= 0.3 is 0 Å². The zero-order chi connectivity index (χ0) is 38.4. The zero-order valence-corrected chi connectivity index (χ0v) is 32.8. The minimum Gasteiger partial charge on any atom is -0.310 e. The molecule has 0 saturated carbocycles. The van der Waals surface area contributed by atoms with Crippen molar-refractivity contribution in [2.75, 3.05) is 4.90 Å². The normalized spacial score (nSPS) is 13.1. The van der Waals surface area contributed by atoms with Gasteiger partial charge in [-0.05, 0) is 121 Å². The molecule has 0 unspecified atom stereocenters. The molecule has 0 amide bonds. The number of fused-ring (bicyclic) bond motifs is 12. The fourth-order valence-electron chi connectivity index (χ4n) is 9.97. The van der Waals surface area contributed by atoms with Gasteiger partial charge in [-0.2, -0.15) is 0 Å². The molecule has 272 valence electrons. The van der Waals surface area contributed by atoms with Gasteiger partial charge in [-0.3, -0.25) is 0 Å². The van der Waals surface area contributed by atoms with Crippen molar-refractivity contribution in [3.05, 3.63) is 223 Å². The van der Waals surface area contributed by atoms with Crippen LogP contribution in [0.15, 0.2) is 206 Å². The Morgan fingerprint density at radius 1 is 0.345 bits per heavy atom. The summed E-state index contributed by atoms with van der Waals surface area (Å²) in [4.78, 5) is 2.49. The highest BCUT2D eigenvalue weighted by Crippen LogP contribution is 2.56. The van der Waals surface area contributed by atoms with E-state index in [4.69, 9.17) is 0 Å². The molecule has 0 spiro atoms. The molecule has 0 bridgehead atoms. The van der Waals surface area contributed by atoms with E-state index in [-0.39, 0.29) is 5.41 Å². The molecule has 10 aromatic carbocycles. The number of nitrogens with zero attached hydrogens (tertiary/aromatic N) is 1. The molecule has 0 radical (unpaired) electrons. The van der Waals surface area contributed by atoms with Crippen molar-refractivity contribution in [1.82, 2.24) is 0 Å². The van der Waals surface area contributed by atoms with Gasteiger partial charge < -0.3 is 4.90 Å². The SMILES string of the molecule is CC1(c2cc(N(c3ccc(-c4ccccc4)cc3)c3ccc4c5ccccc5c5ccccc5c4c3)cc3c2sc2ccccc23)c2ccccc2-c2ccccc21. The first-order valence-electron chi connectivity index (χ1n) is 20.1. The third kappa shape index (κ3) is 4.82. The van der Waals surface area contributed by atoms with Crippen LogP contribution in [0.5, 0.6) is 0 Å². The van der Waals surface area contributed by atoms with Gasteiger partial charge in [0.25, 0.3) is 0 Å². The first-order chi connectivity index (χ1) is 28.6. The molecule has 0 aliphatic heterocycles. The smallest absolute Gasteiger partial charge is 0.0472 e. The molecule has 11 aromatic rings. The summed E-state index contributed by atoms with van der Waals surface area (Å²) >= 11 is 1.92. The monoisotopic (exact) mass is 755 g/mol. The molecule has 1 aromatic heterocycles. The molecular formula is C56H37NS. The van der Waals surface area contributed by atoms with Crippen LogP contribution in [-0.4, -0.2) is 0 Å². The number of hydrogen-bond acceptors (Lipinski definition) is 2. The Kier molecular flexibility index (Phi) is 7.30. The Hall–Kier alpha value is -7.00. The van der Waals surface area contributed by atoms with Crippen molar-refractivity contribution < 1.29 is 0 Å². The molecular weight excluding hydrogens is 719 g/mol. The van der Waals surface area contributed by atoms with Gasteiger partial charge in [-0.15, -0.1) is 11.3 Å². The van der Waals surface area contributed by atoms with Crippen molar-refractivity contribution in [3.63, 3.8) is 0 Å². The van der Waals surface area contributed by atoms with Crippen LogP contribution in [-0.2, 0) is 5.41 Å². The second-order valence-electron chi connectivity index (χ2n) is 15.8. The lowest BCUT2D eigenvalue weighted by molar-refractivity contribution is 0.722. The van der Waals surface area contributed by atoms with E-state index in [0.29, 0.717) is 0 Å². The van der Waals surface area contributed by atoms with Crippen LogP contribution in [0, 0.1) is 0 Å². The lowest BCUT2D eigenvalue weighted by Crippen LogP contribution is -2.23. The molecule has 0 saturated heterocycles. The number of rotatable bonds is 5. The summed E-state index contributed by atoms with van der Waals surface area (Å²) in [7, 11) is 0. The van der Waals surface area contributed by atoms with Crippen LogP contribution in [0.3, 0.4) is 0 Å². The molecule has 1 aliphatic carbocycles. The van der Waals surface area contributed by atoms with E-state index in [1.165, 1.54) is 91.4 Å². The molecule has 12 rings (SSSR count). The maximum Gasteiger partial charge on any atom is 0.0472 e. The average Bonchev–Trinajstić information content (AvgIpc) is 3.80. The predicted octanol–water partition coefficient (Wildman–Crippen LogP) is 16.0. The highest BCUT2D eigenvalue weighted by molar-refractivity contribution is 7.26. The highest BCUT2D eigenvalue weighted by Gasteiger charge is 2.42. The topological polar surface area (TPSA) is 3.24 Å². The summed E-state index contributed by atoms with van der Waals surface area (Å²) in [5.74, 6) is 0. The van der Waals surface area contributed by atoms with Gasteiger partial charge in [0.1, 0.15) is 0 Å². The molecule has 58 heavy (non-hydrogen) atoms. The van der Waals surface area contributed by atoms with Crippen molar-refractivity contribution in [1.29, 1.82) is 0 Å². The van der Waals surface area contributed by atoms with Crippen molar-refractivity contribution in [2.45, 2.75) is 12.3 Å². The van der Waals surface area contributed by atoms with Crippen molar-refractivity contribution in [3.8, 4) is 22.3 Å². The largest absolute Gasteiger partial charge is 0.310 e. The molecule has 2 heteroatoms. The van der Waals surface area contributed by atoms with E-state index in [2.05, 4.69) is 218 Å². The Labute approximate surface area is 341 Å². The van der Waals surface area contributed by atoms with Gasteiger partial charge in [-0.1, -0.05) is 164 Å².